The number of aromatic nitrogens is 3. The first-order chi connectivity index (χ1) is 8.91. The Kier molecular flexibility index (Phi) is 3.28. The summed E-state index contributed by atoms with van der Waals surface area (Å²) >= 11 is 0. The zero-order valence-corrected chi connectivity index (χ0v) is 10.7. The van der Waals surface area contributed by atoms with Gasteiger partial charge >= 0.3 is 0 Å². The number of hydrogen-bond acceptors (Lipinski definition) is 3. The molecule has 2 aromatic rings. The lowest BCUT2D eigenvalue weighted by atomic mass is 10.2. The summed E-state index contributed by atoms with van der Waals surface area (Å²) in [7, 11) is 1.73. The standard InChI is InChI=1S/C12H12F2N4O/c1-6-10(7(2)18(3)17-6)16-12(19)8-4-5-15-11(14)9(8)13/h4-5H,1-3H3,(H,16,19). The second-order valence-corrected chi connectivity index (χ2v) is 4.09. The Labute approximate surface area is 108 Å². The van der Waals surface area contributed by atoms with Crippen LogP contribution < -0.4 is 5.32 Å². The molecule has 7 heteroatoms. The maximum Gasteiger partial charge on any atom is 0.258 e. The quantitative estimate of drug-likeness (QED) is 0.845. The highest BCUT2D eigenvalue weighted by Gasteiger charge is 2.19. The summed E-state index contributed by atoms with van der Waals surface area (Å²) in [5.74, 6) is -3.30. The molecule has 1 amide bonds. The third-order valence-corrected chi connectivity index (χ3v) is 2.84. The SMILES string of the molecule is Cc1nn(C)c(C)c1NC(=O)c1ccnc(F)c1F. The summed E-state index contributed by atoms with van der Waals surface area (Å²) in [4.78, 5) is 15.0. The number of carbonyl (C=O) groups excluding carboxylic acids is 1. The number of nitrogens with zero attached hydrogens (tertiary/aromatic N) is 3. The van der Waals surface area contributed by atoms with Gasteiger partial charge in [0.1, 0.15) is 0 Å². The average molecular weight is 266 g/mol. The lowest BCUT2D eigenvalue weighted by Gasteiger charge is -2.06. The monoisotopic (exact) mass is 266 g/mol. The first kappa shape index (κ1) is 13.1. The number of halogens is 2. The Bertz CT molecular complexity index is 651. The van der Waals surface area contributed by atoms with Gasteiger partial charge in [0.05, 0.1) is 22.6 Å². The van der Waals surface area contributed by atoms with Crippen molar-refractivity contribution in [2.75, 3.05) is 5.32 Å². The van der Waals surface area contributed by atoms with Gasteiger partial charge in [0.15, 0.2) is 5.82 Å². The fourth-order valence-electron chi connectivity index (χ4n) is 1.73. The molecule has 0 spiro atoms. The smallest absolute Gasteiger partial charge is 0.258 e. The molecule has 19 heavy (non-hydrogen) atoms. The number of amides is 1. The molecular formula is C12H12F2N4O. The summed E-state index contributed by atoms with van der Waals surface area (Å²) in [6, 6.07) is 1.12. The van der Waals surface area contributed by atoms with E-state index in [4.69, 9.17) is 0 Å². The third kappa shape index (κ3) is 2.31. The molecule has 0 saturated carbocycles. The lowest BCUT2D eigenvalue weighted by molar-refractivity contribution is 0.102. The maximum atomic E-state index is 13.4. The number of aryl methyl sites for hydroxylation is 2. The molecule has 0 aromatic carbocycles. The predicted octanol–water partition coefficient (Wildman–Crippen LogP) is 1.96. The number of hydrogen-bond donors (Lipinski definition) is 1. The van der Waals surface area contributed by atoms with Crippen molar-refractivity contribution < 1.29 is 13.6 Å². The van der Waals surface area contributed by atoms with Crippen molar-refractivity contribution in [3.63, 3.8) is 0 Å². The van der Waals surface area contributed by atoms with Gasteiger partial charge in [-0.1, -0.05) is 0 Å². The summed E-state index contributed by atoms with van der Waals surface area (Å²) in [5.41, 5.74) is 1.42. The zero-order valence-electron chi connectivity index (χ0n) is 10.7. The normalized spacial score (nSPS) is 10.6. The molecule has 2 heterocycles. The topological polar surface area (TPSA) is 59.8 Å². The Hall–Kier alpha value is -2.31. The van der Waals surface area contributed by atoms with Crippen LogP contribution in [0.2, 0.25) is 0 Å². The Morgan fingerprint density at radius 2 is 2.05 bits per heavy atom. The lowest BCUT2D eigenvalue weighted by Crippen LogP contribution is -2.16. The Morgan fingerprint density at radius 1 is 1.37 bits per heavy atom. The molecule has 0 fully saturated rings. The van der Waals surface area contributed by atoms with E-state index in [0.717, 1.165) is 18.0 Å². The first-order valence-electron chi connectivity index (χ1n) is 5.53. The number of anilines is 1. The van der Waals surface area contributed by atoms with E-state index in [9.17, 15) is 13.6 Å². The largest absolute Gasteiger partial charge is 0.319 e. The molecular weight excluding hydrogens is 254 g/mol. The fraction of sp³-hybridized carbons (Fsp3) is 0.250. The fourth-order valence-corrected chi connectivity index (χ4v) is 1.73. The number of rotatable bonds is 2. The summed E-state index contributed by atoms with van der Waals surface area (Å²) in [5, 5.41) is 6.65. The van der Waals surface area contributed by atoms with E-state index in [2.05, 4.69) is 15.4 Å². The van der Waals surface area contributed by atoms with E-state index in [1.165, 1.54) is 0 Å². The van der Waals surface area contributed by atoms with Crippen LogP contribution in [0.5, 0.6) is 0 Å². The van der Waals surface area contributed by atoms with Crippen LogP contribution in [0.15, 0.2) is 12.3 Å². The van der Waals surface area contributed by atoms with Gasteiger partial charge < -0.3 is 5.32 Å². The molecule has 0 bridgehead atoms. The molecule has 0 aliphatic heterocycles. The van der Waals surface area contributed by atoms with Crippen LogP contribution in [-0.4, -0.2) is 20.7 Å². The van der Waals surface area contributed by atoms with Crippen molar-refractivity contribution in [3.8, 4) is 0 Å². The van der Waals surface area contributed by atoms with Gasteiger partial charge in [-0.3, -0.25) is 9.48 Å². The van der Waals surface area contributed by atoms with Crippen molar-refractivity contribution in [1.82, 2.24) is 14.8 Å². The highest BCUT2D eigenvalue weighted by Crippen LogP contribution is 2.20. The Morgan fingerprint density at radius 3 is 2.63 bits per heavy atom. The van der Waals surface area contributed by atoms with Gasteiger partial charge in [0.2, 0.25) is 5.95 Å². The van der Waals surface area contributed by atoms with Crippen LogP contribution >= 0.6 is 0 Å². The van der Waals surface area contributed by atoms with E-state index >= 15 is 0 Å². The first-order valence-corrected chi connectivity index (χ1v) is 5.53. The second-order valence-electron chi connectivity index (χ2n) is 4.09. The van der Waals surface area contributed by atoms with Gasteiger partial charge in [0, 0.05) is 13.2 Å². The van der Waals surface area contributed by atoms with Crippen LogP contribution in [0.4, 0.5) is 14.5 Å². The molecule has 5 nitrogen and oxygen atoms in total. The molecule has 0 saturated heterocycles. The number of nitrogens with one attached hydrogen (secondary N) is 1. The molecule has 0 aliphatic rings. The summed E-state index contributed by atoms with van der Waals surface area (Å²) < 4.78 is 28.0. The third-order valence-electron chi connectivity index (χ3n) is 2.84. The average Bonchev–Trinajstić information content (AvgIpc) is 2.59. The summed E-state index contributed by atoms with van der Waals surface area (Å²) in [6.45, 7) is 3.48. The molecule has 0 radical (unpaired) electrons. The van der Waals surface area contributed by atoms with E-state index in [0.29, 0.717) is 11.4 Å². The minimum Gasteiger partial charge on any atom is -0.319 e. The van der Waals surface area contributed by atoms with Crippen LogP contribution in [-0.2, 0) is 7.05 Å². The van der Waals surface area contributed by atoms with E-state index in [1.807, 2.05) is 0 Å². The number of carbonyl (C=O) groups is 1. The molecule has 0 atom stereocenters. The van der Waals surface area contributed by atoms with E-state index in [1.54, 1.807) is 25.6 Å². The van der Waals surface area contributed by atoms with Crippen LogP contribution in [0.3, 0.4) is 0 Å². The van der Waals surface area contributed by atoms with Crippen LogP contribution in [0, 0.1) is 25.6 Å². The van der Waals surface area contributed by atoms with Crippen molar-refractivity contribution in [2.45, 2.75) is 13.8 Å². The minimum atomic E-state index is -1.30. The van der Waals surface area contributed by atoms with Gasteiger partial charge in [0.25, 0.3) is 5.91 Å². The van der Waals surface area contributed by atoms with Crippen molar-refractivity contribution in [3.05, 3.63) is 41.0 Å². The summed E-state index contributed by atoms with van der Waals surface area (Å²) in [6.07, 6.45) is 1.04. The molecule has 2 rings (SSSR count). The van der Waals surface area contributed by atoms with Crippen molar-refractivity contribution in [2.24, 2.45) is 7.05 Å². The molecule has 2 aromatic heterocycles. The van der Waals surface area contributed by atoms with Gasteiger partial charge in [-0.25, -0.2) is 9.37 Å². The number of pyridine rings is 1. The van der Waals surface area contributed by atoms with Crippen LogP contribution in [0.1, 0.15) is 21.7 Å². The van der Waals surface area contributed by atoms with Crippen molar-refractivity contribution >= 4 is 11.6 Å². The molecule has 100 valence electrons. The molecule has 0 aliphatic carbocycles. The predicted molar refractivity (Wildman–Crippen MR) is 64.8 cm³/mol. The second kappa shape index (κ2) is 4.75. The highest BCUT2D eigenvalue weighted by atomic mass is 19.2. The van der Waals surface area contributed by atoms with Gasteiger partial charge in [-0.15, -0.1) is 0 Å². The minimum absolute atomic E-state index is 0.393. The molecule has 0 unspecified atom stereocenters. The van der Waals surface area contributed by atoms with Crippen LogP contribution in [0.25, 0.3) is 0 Å². The molecule has 1 N–H and O–H groups in total. The van der Waals surface area contributed by atoms with Crippen molar-refractivity contribution in [1.29, 1.82) is 0 Å². The van der Waals surface area contributed by atoms with Gasteiger partial charge in [-0.05, 0) is 19.9 Å². The van der Waals surface area contributed by atoms with Gasteiger partial charge in [-0.2, -0.15) is 9.49 Å². The Balaban J connectivity index is 2.34. The van der Waals surface area contributed by atoms with E-state index < -0.39 is 23.2 Å². The highest BCUT2D eigenvalue weighted by molar-refractivity contribution is 6.04. The maximum absolute atomic E-state index is 13.4. The zero-order chi connectivity index (χ0) is 14.2. The van der Waals surface area contributed by atoms with E-state index in [-0.39, 0.29) is 0 Å².